The van der Waals surface area contributed by atoms with E-state index >= 15 is 0 Å². The van der Waals surface area contributed by atoms with Gasteiger partial charge < -0.3 is 19.7 Å². The van der Waals surface area contributed by atoms with Gasteiger partial charge in [0.05, 0.1) is 11.4 Å². The zero-order valence-corrected chi connectivity index (χ0v) is 22.9. The number of ether oxygens (including phenoxy) is 2. The predicted molar refractivity (Wildman–Crippen MR) is 149 cm³/mol. The predicted octanol–water partition coefficient (Wildman–Crippen LogP) is 5.55. The van der Waals surface area contributed by atoms with Crippen LogP contribution in [0.5, 0.6) is 0 Å². The maximum absolute atomic E-state index is 13.7. The third kappa shape index (κ3) is 7.03. The van der Waals surface area contributed by atoms with Gasteiger partial charge in [-0.1, -0.05) is 49.2 Å². The lowest BCUT2D eigenvalue weighted by atomic mass is 9.92. The molecular formula is C30H38N2O4S. The number of amides is 2. The van der Waals surface area contributed by atoms with Gasteiger partial charge in [-0.15, -0.1) is 11.8 Å². The fourth-order valence-corrected chi connectivity index (χ4v) is 6.50. The molecule has 0 aromatic heterocycles. The minimum Gasteiger partial charge on any atom is -0.351 e. The molecule has 1 saturated carbocycles. The lowest BCUT2D eigenvalue weighted by molar-refractivity contribution is -0.131. The van der Waals surface area contributed by atoms with E-state index < -0.39 is 6.29 Å². The Morgan fingerprint density at radius 3 is 2.49 bits per heavy atom. The van der Waals surface area contributed by atoms with Crippen LogP contribution in [-0.4, -0.2) is 54.1 Å². The Hall–Kier alpha value is -2.61. The van der Waals surface area contributed by atoms with Crippen LogP contribution in [0.3, 0.4) is 0 Å². The number of nitrogens with zero attached hydrogens (tertiary/aromatic N) is 1. The van der Waals surface area contributed by atoms with E-state index in [1.807, 2.05) is 44.2 Å². The molecule has 1 heterocycles. The first-order valence-electron chi connectivity index (χ1n) is 13.4. The van der Waals surface area contributed by atoms with Crippen LogP contribution >= 0.6 is 11.8 Å². The van der Waals surface area contributed by atoms with Gasteiger partial charge in [0.15, 0.2) is 6.29 Å². The minimum absolute atomic E-state index is 0.108. The van der Waals surface area contributed by atoms with Crippen molar-refractivity contribution >= 4 is 29.7 Å². The van der Waals surface area contributed by atoms with Gasteiger partial charge in [0, 0.05) is 36.6 Å². The molecule has 1 N–H and O–H groups in total. The summed E-state index contributed by atoms with van der Waals surface area (Å²) < 4.78 is 11.0. The molecular weight excluding hydrogens is 484 g/mol. The smallest absolute Gasteiger partial charge is 0.260 e. The maximum atomic E-state index is 13.7. The van der Waals surface area contributed by atoms with E-state index in [0.29, 0.717) is 30.6 Å². The van der Waals surface area contributed by atoms with E-state index in [4.69, 9.17) is 9.47 Å². The first kappa shape index (κ1) is 27.4. The quantitative estimate of drug-likeness (QED) is 0.327. The van der Waals surface area contributed by atoms with Crippen LogP contribution in [0.4, 0.5) is 0 Å². The van der Waals surface area contributed by atoms with Crippen molar-refractivity contribution in [1.82, 2.24) is 10.2 Å². The number of nitrogens with one attached hydrogen (secondary N) is 1. The Labute approximate surface area is 224 Å². The lowest BCUT2D eigenvalue weighted by Crippen LogP contribution is -2.50. The second-order valence-corrected chi connectivity index (χ2v) is 10.8. The molecule has 4 rings (SSSR count). The SMILES string of the molecule is CCOC(CNC(=O)c1ccc(/C=C2/SC3CCCCC3N(Cc3ccccc3C)C2=O)cc1)OCC. The second-order valence-electron chi connectivity index (χ2n) is 9.55. The Bertz CT molecular complexity index is 1100. The Balaban J connectivity index is 1.47. The van der Waals surface area contributed by atoms with Crippen molar-refractivity contribution in [3.63, 3.8) is 0 Å². The molecule has 2 aromatic carbocycles. The van der Waals surface area contributed by atoms with Crippen molar-refractivity contribution in [3.05, 3.63) is 75.7 Å². The van der Waals surface area contributed by atoms with E-state index in [2.05, 4.69) is 29.3 Å². The molecule has 0 radical (unpaired) electrons. The number of carbonyl (C=O) groups is 2. The number of hydrogen-bond donors (Lipinski definition) is 1. The van der Waals surface area contributed by atoms with Crippen molar-refractivity contribution in [2.45, 2.75) is 70.6 Å². The van der Waals surface area contributed by atoms with Gasteiger partial charge in [0.1, 0.15) is 0 Å². The molecule has 2 aromatic rings. The third-order valence-electron chi connectivity index (χ3n) is 7.02. The number of fused-ring (bicyclic) bond motifs is 1. The monoisotopic (exact) mass is 522 g/mol. The largest absolute Gasteiger partial charge is 0.351 e. The Kier molecular flexibility index (Phi) is 9.83. The van der Waals surface area contributed by atoms with Crippen LogP contribution in [0.1, 0.15) is 66.6 Å². The topological polar surface area (TPSA) is 67.9 Å². The van der Waals surface area contributed by atoms with E-state index in [9.17, 15) is 9.59 Å². The Morgan fingerprint density at radius 2 is 1.78 bits per heavy atom. The molecule has 7 heteroatoms. The lowest BCUT2D eigenvalue weighted by Gasteiger charge is -2.44. The standard InChI is InChI=1S/C30H38N2O4S/c1-4-35-28(36-5-2)19-31-29(33)23-16-14-22(15-17-23)18-27-30(34)32(20-24-11-7-6-10-21(24)3)25-12-8-9-13-26(25)37-27/h6-7,10-11,14-18,25-26,28H,4-5,8-9,12-13,19-20H2,1-3H3,(H,31,33)/b27-18+. The molecule has 2 aliphatic rings. The number of hydrogen-bond acceptors (Lipinski definition) is 5. The maximum Gasteiger partial charge on any atom is 0.260 e. The molecule has 0 spiro atoms. The first-order valence-corrected chi connectivity index (χ1v) is 14.2. The van der Waals surface area contributed by atoms with Gasteiger partial charge in [0.2, 0.25) is 0 Å². The average Bonchev–Trinajstić information content (AvgIpc) is 2.91. The highest BCUT2D eigenvalue weighted by molar-refractivity contribution is 8.04. The van der Waals surface area contributed by atoms with E-state index in [-0.39, 0.29) is 24.4 Å². The average molecular weight is 523 g/mol. The molecule has 2 atom stereocenters. The summed E-state index contributed by atoms with van der Waals surface area (Å²) in [6.07, 6.45) is 6.12. The molecule has 2 unspecified atom stereocenters. The van der Waals surface area contributed by atoms with Crippen LogP contribution in [0.2, 0.25) is 0 Å². The van der Waals surface area contributed by atoms with Gasteiger partial charge in [-0.25, -0.2) is 0 Å². The van der Waals surface area contributed by atoms with E-state index in [1.54, 1.807) is 23.9 Å². The van der Waals surface area contributed by atoms with Crippen molar-refractivity contribution in [2.24, 2.45) is 0 Å². The summed E-state index contributed by atoms with van der Waals surface area (Å²) in [5.74, 6) is -0.0720. The van der Waals surface area contributed by atoms with Crippen molar-refractivity contribution in [3.8, 4) is 0 Å². The summed E-state index contributed by atoms with van der Waals surface area (Å²) >= 11 is 1.73. The van der Waals surface area contributed by atoms with Crippen LogP contribution in [0, 0.1) is 6.92 Å². The summed E-state index contributed by atoms with van der Waals surface area (Å²) in [6, 6.07) is 16.0. The molecule has 1 saturated heterocycles. The molecule has 1 aliphatic carbocycles. The van der Waals surface area contributed by atoms with Crippen molar-refractivity contribution in [1.29, 1.82) is 0 Å². The van der Waals surface area contributed by atoms with Crippen LogP contribution in [0.15, 0.2) is 53.4 Å². The molecule has 37 heavy (non-hydrogen) atoms. The highest BCUT2D eigenvalue weighted by Crippen LogP contribution is 2.42. The number of benzene rings is 2. The number of thioether (sulfide) groups is 1. The van der Waals surface area contributed by atoms with Gasteiger partial charge >= 0.3 is 0 Å². The van der Waals surface area contributed by atoms with Gasteiger partial charge in [0.25, 0.3) is 11.8 Å². The normalized spacial score (nSPS) is 20.8. The molecule has 2 fully saturated rings. The molecule has 198 valence electrons. The fourth-order valence-electron chi connectivity index (χ4n) is 5.03. The minimum atomic E-state index is -0.455. The van der Waals surface area contributed by atoms with Gasteiger partial charge in [-0.05, 0) is 68.5 Å². The zero-order valence-electron chi connectivity index (χ0n) is 22.1. The van der Waals surface area contributed by atoms with Crippen molar-refractivity contribution < 1.29 is 19.1 Å². The molecule has 1 aliphatic heterocycles. The van der Waals surface area contributed by atoms with Gasteiger partial charge in [-0.3, -0.25) is 9.59 Å². The van der Waals surface area contributed by atoms with Crippen LogP contribution in [-0.2, 0) is 20.8 Å². The fraction of sp³-hybridized carbons (Fsp3) is 0.467. The summed E-state index contributed by atoms with van der Waals surface area (Å²) in [7, 11) is 0. The summed E-state index contributed by atoms with van der Waals surface area (Å²) in [6.45, 7) is 7.87. The summed E-state index contributed by atoms with van der Waals surface area (Å²) in [5.41, 5.74) is 3.90. The van der Waals surface area contributed by atoms with Gasteiger partial charge in [-0.2, -0.15) is 0 Å². The molecule has 6 nitrogen and oxygen atoms in total. The Morgan fingerprint density at radius 1 is 1.08 bits per heavy atom. The molecule has 2 amide bonds. The van der Waals surface area contributed by atoms with E-state index in [1.165, 1.54) is 24.0 Å². The highest BCUT2D eigenvalue weighted by atomic mass is 32.2. The number of aryl methyl sites for hydroxylation is 1. The van der Waals surface area contributed by atoms with Crippen molar-refractivity contribution in [2.75, 3.05) is 19.8 Å². The zero-order chi connectivity index (χ0) is 26.2. The summed E-state index contributed by atoms with van der Waals surface area (Å²) in [4.78, 5) is 29.2. The van der Waals surface area contributed by atoms with Crippen LogP contribution < -0.4 is 5.32 Å². The first-order chi connectivity index (χ1) is 18.0. The third-order valence-corrected chi connectivity index (χ3v) is 8.42. The molecule has 0 bridgehead atoms. The number of carbonyl (C=O) groups excluding carboxylic acids is 2. The number of rotatable bonds is 10. The van der Waals surface area contributed by atoms with E-state index in [0.717, 1.165) is 23.3 Å². The highest BCUT2D eigenvalue weighted by Gasteiger charge is 2.40. The second kappa shape index (κ2) is 13.3. The van der Waals surface area contributed by atoms with Crippen LogP contribution in [0.25, 0.3) is 6.08 Å². The summed E-state index contributed by atoms with van der Waals surface area (Å²) in [5, 5.41) is 3.30.